The Bertz CT molecular complexity index is 1030. The quantitative estimate of drug-likeness (QED) is 0.482. The zero-order valence-electron chi connectivity index (χ0n) is 20.1. The van der Waals surface area contributed by atoms with Crippen molar-refractivity contribution >= 4 is 23.6 Å². The van der Waals surface area contributed by atoms with Crippen LogP contribution < -0.4 is 20.1 Å². The van der Waals surface area contributed by atoms with Crippen LogP contribution in [0.4, 0.5) is 0 Å². The van der Waals surface area contributed by atoms with Crippen molar-refractivity contribution in [2.24, 2.45) is 17.8 Å². The molecule has 0 aromatic heterocycles. The number of nitrogens with one attached hydrogen (secondary N) is 2. The first kappa shape index (κ1) is 24.5. The van der Waals surface area contributed by atoms with Crippen LogP contribution in [0.5, 0.6) is 11.5 Å². The van der Waals surface area contributed by atoms with Gasteiger partial charge in [0.15, 0.2) is 11.5 Å². The fraction of sp³-hybridized carbons (Fsp3) is 0.481. The molecule has 2 bridgehead atoms. The fourth-order valence-electron chi connectivity index (χ4n) is 5.50. The molecule has 2 saturated carbocycles. The lowest BCUT2D eigenvalue weighted by Crippen LogP contribution is -2.40. The van der Waals surface area contributed by atoms with E-state index in [1.165, 1.54) is 37.4 Å². The van der Waals surface area contributed by atoms with Gasteiger partial charge in [-0.1, -0.05) is 24.6 Å². The molecule has 2 amide bonds. The van der Waals surface area contributed by atoms with E-state index in [1.54, 1.807) is 20.3 Å². The molecule has 2 aromatic rings. The van der Waals surface area contributed by atoms with E-state index in [0.717, 1.165) is 22.3 Å². The first-order valence-corrected chi connectivity index (χ1v) is 13.0. The molecule has 2 aromatic carbocycles. The molecule has 0 heterocycles. The molecule has 2 aliphatic rings. The lowest BCUT2D eigenvalue weighted by atomic mass is 9.84. The third-order valence-electron chi connectivity index (χ3n) is 7.22. The fourth-order valence-corrected chi connectivity index (χ4v) is 6.36. The number of carbonyl (C=O) groups excluding carboxylic acids is 2. The molecular formula is C27H34N2O4S. The minimum atomic E-state index is -0.173. The standard InChI is InChI=1S/C27H34N2O4S/c1-17(22-13-18-8-10-20(22)12-18)29-26(30)16-34-25-7-5-4-6-21(25)27(31)28-15-19-9-11-23(32-2)24(14-19)33-3/h4-7,9,11,14,17-18,20,22H,8,10,12-13,15-16H2,1-3H3,(H,28,31)(H,29,30)/t17-,18+,20+,22-/m1/s1. The second-order valence-electron chi connectivity index (χ2n) is 9.35. The molecule has 6 nitrogen and oxygen atoms in total. The van der Waals surface area contributed by atoms with Crippen molar-refractivity contribution in [1.82, 2.24) is 10.6 Å². The Morgan fingerprint density at radius 2 is 1.85 bits per heavy atom. The van der Waals surface area contributed by atoms with Crippen LogP contribution in [0.3, 0.4) is 0 Å². The van der Waals surface area contributed by atoms with E-state index in [0.29, 0.717) is 35.3 Å². The number of amides is 2. The van der Waals surface area contributed by atoms with Crippen LogP contribution in [0.15, 0.2) is 47.4 Å². The van der Waals surface area contributed by atoms with Crippen molar-refractivity contribution in [3.8, 4) is 11.5 Å². The first-order valence-electron chi connectivity index (χ1n) is 12.0. The van der Waals surface area contributed by atoms with E-state index >= 15 is 0 Å². The summed E-state index contributed by atoms with van der Waals surface area (Å²) in [6.45, 7) is 2.50. The Morgan fingerprint density at radius 1 is 1.06 bits per heavy atom. The number of fused-ring (bicyclic) bond motifs is 2. The summed E-state index contributed by atoms with van der Waals surface area (Å²) in [6.07, 6.45) is 5.27. The van der Waals surface area contributed by atoms with Crippen LogP contribution in [0.2, 0.25) is 0 Å². The Kier molecular flexibility index (Phi) is 8.03. The van der Waals surface area contributed by atoms with E-state index in [4.69, 9.17) is 9.47 Å². The summed E-state index contributed by atoms with van der Waals surface area (Å²) in [5, 5.41) is 6.18. The van der Waals surface area contributed by atoms with Gasteiger partial charge < -0.3 is 20.1 Å². The average Bonchev–Trinajstić information content (AvgIpc) is 3.50. The molecule has 182 valence electrons. The normalized spacial score (nSPS) is 21.7. The second kappa shape index (κ2) is 11.2. The number of benzene rings is 2. The smallest absolute Gasteiger partial charge is 0.252 e. The minimum absolute atomic E-state index is 0.0285. The maximum Gasteiger partial charge on any atom is 0.252 e. The number of hydrogen-bond donors (Lipinski definition) is 2. The van der Waals surface area contributed by atoms with Gasteiger partial charge in [-0.3, -0.25) is 9.59 Å². The van der Waals surface area contributed by atoms with Gasteiger partial charge in [0.2, 0.25) is 5.91 Å². The molecule has 0 spiro atoms. The van der Waals surface area contributed by atoms with Crippen molar-refractivity contribution in [3.63, 3.8) is 0 Å². The SMILES string of the molecule is COc1ccc(CNC(=O)c2ccccc2SCC(=O)N[C@H](C)[C@H]2C[C@H]3CC[C@H]2C3)cc1OC. The number of ether oxygens (including phenoxy) is 2. The van der Waals surface area contributed by atoms with E-state index in [2.05, 4.69) is 17.6 Å². The Morgan fingerprint density at radius 3 is 2.56 bits per heavy atom. The summed E-state index contributed by atoms with van der Waals surface area (Å²) >= 11 is 1.41. The van der Waals surface area contributed by atoms with Gasteiger partial charge in [-0.15, -0.1) is 11.8 Å². The van der Waals surface area contributed by atoms with Gasteiger partial charge in [0.05, 0.1) is 25.5 Å². The number of thioether (sulfide) groups is 1. The highest BCUT2D eigenvalue weighted by atomic mass is 32.2. The summed E-state index contributed by atoms with van der Waals surface area (Å²) in [4.78, 5) is 26.3. The monoisotopic (exact) mass is 482 g/mol. The minimum Gasteiger partial charge on any atom is -0.493 e. The zero-order valence-corrected chi connectivity index (χ0v) is 21.0. The Balaban J connectivity index is 1.30. The summed E-state index contributed by atoms with van der Waals surface area (Å²) < 4.78 is 10.6. The number of hydrogen-bond acceptors (Lipinski definition) is 5. The molecule has 0 unspecified atom stereocenters. The van der Waals surface area contributed by atoms with E-state index in [9.17, 15) is 9.59 Å². The van der Waals surface area contributed by atoms with Crippen molar-refractivity contribution in [3.05, 3.63) is 53.6 Å². The summed E-state index contributed by atoms with van der Waals surface area (Å²) in [7, 11) is 3.18. The molecule has 2 aliphatic carbocycles. The van der Waals surface area contributed by atoms with E-state index in [1.807, 2.05) is 36.4 Å². The van der Waals surface area contributed by atoms with Crippen molar-refractivity contribution in [2.75, 3.05) is 20.0 Å². The largest absolute Gasteiger partial charge is 0.493 e. The summed E-state index contributed by atoms with van der Waals surface area (Å²) in [5.41, 5.74) is 1.48. The van der Waals surface area contributed by atoms with Crippen LogP contribution in [0.25, 0.3) is 0 Å². The van der Waals surface area contributed by atoms with Gasteiger partial charge in [-0.2, -0.15) is 0 Å². The molecule has 0 saturated heterocycles. The van der Waals surface area contributed by atoms with E-state index in [-0.39, 0.29) is 17.9 Å². The van der Waals surface area contributed by atoms with Crippen LogP contribution in [-0.4, -0.2) is 37.8 Å². The Hall–Kier alpha value is -2.67. The van der Waals surface area contributed by atoms with Crippen LogP contribution >= 0.6 is 11.8 Å². The van der Waals surface area contributed by atoms with Crippen LogP contribution in [0, 0.1) is 17.8 Å². The number of methoxy groups -OCH3 is 2. The molecule has 7 heteroatoms. The third-order valence-corrected chi connectivity index (χ3v) is 8.29. The van der Waals surface area contributed by atoms with Crippen LogP contribution in [-0.2, 0) is 11.3 Å². The van der Waals surface area contributed by atoms with Gasteiger partial charge in [-0.25, -0.2) is 0 Å². The highest BCUT2D eigenvalue weighted by Crippen LogP contribution is 2.49. The van der Waals surface area contributed by atoms with Crippen molar-refractivity contribution in [2.45, 2.75) is 50.1 Å². The summed E-state index contributed by atoms with van der Waals surface area (Å²) in [5.74, 6) is 3.68. The van der Waals surface area contributed by atoms with Gasteiger partial charge in [0.1, 0.15) is 0 Å². The van der Waals surface area contributed by atoms with E-state index < -0.39 is 0 Å². The molecule has 2 N–H and O–H groups in total. The predicted molar refractivity (Wildman–Crippen MR) is 134 cm³/mol. The molecule has 34 heavy (non-hydrogen) atoms. The molecule has 2 fully saturated rings. The summed E-state index contributed by atoms with van der Waals surface area (Å²) in [6, 6.07) is 13.2. The number of carbonyl (C=O) groups is 2. The molecule has 4 atom stereocenters. The third kappa shape index (κ3) is 5.69. The lowest BCUT2D eigenvalue weighted by Gasteiger charge is -2.28. The topological polar surface area (TPSA) is 76.7 Å². The Labute approximate surface area is 206 Å². The molecule has 0 aliphatic heterocycles. The average molecular weight is 483 g/mol. The molecule has 0 radical (unpaired) electrons. The van der Waals surface area contributed by atoms with Crippen molar-refractivity contribution < 1.29 is 19.1 Å². The highest BCUT2D eigenvalue weighted by Gasteiger charge is 2.42. The molecular weight excluding hydrogens is 448 g/mol. The maximum absolute atomic E-state index is 12.9. The maximum atomic E-state index is 12.9. The van der Waals surface area contributed by atoms with Crippen LogP contribution in [0.1, 0.15) is 48.5 Å². The van der Waals surface area contributed by atoms with Gasteiger partial charge in [0, 0.05) is 17.5 Å². The molecule has 4 rings (SSSR count). The highest BCUT2D eigenvalue weighted by molar-refractivity contribution is 8.00. The van der Waals surface area contributed by atoms with Gasteiger partial charge in [-0.05, 0) is 73.8 Å². The van der Waals surface area contributed by atoms with Gasteiger partial charge >= 0.3 is 0 Å². The van der Waals surface area contributed by atoms with Gasteiger partial charge in [0.25, 0.3) is 5.91 Å². The van der Waals surface area contributed by atoms with Crippen molar-refractivity contribution in [1.29, 1.82) is 0 Å². The first-order chi connectivity index (χ1) is 16.5. The number of rotatable bonds is 10. The predicted octanol–water partition coefficient (Wildman–Crippen LogP) is 4.67. The zero-order chi connectivity index (χ0) is 24.1. The lowest BCUT2D eigenvalue weighted by molar-refractivity contribution is -0.119. The second-order valence-corrected chi connectivity index (χ2v) is 10.4.